The van der Waals surface area contributed by atoms with Gasteiger partial charge in [0.25, 0.3) is 6.43 Å². The number of aromatic amines is 1. The van der Waals surface area contributed by atoms with E-state index in [2.05, 4.69) is 30.6 Å². The maximum atomic E-state index is 12.7. The quantitative estimate of drug-likeness (QED) is 0.554. The number of hydrogen-bond donors (Lipinski definition) is 2. The summed E-state index contributed by atoms with van der Waals surface area (Å²) >= 11 is 0. The highest BCUT2D eigenvalue weighted by molar-refractivity contribution is 7.88. The van der Waals surface area contributed by atoms with Crippen molar-refractivity contribution in [1.82, 2.24) is 34.1 Å². The molecule has 4 heterocycles. The van der Waals surface area contributed by atoms with Crippen LogP contribution in [0.5, 0.6) is 6.01 Å². The summed E-state index contributed by atoms with van der Waals surface area (Å²) in [4.78, 5) is 8.66. The van der Waals surface area contributed by atoms with E-state index in [1.807, 2.05) is 0 Å². The molecule has 3 aromatic heterocycles. The van der Waals surface area contributed by atoms with Gasteiger partial charge in [0.2, 0.25) is 16.0 Å². The standard InChI is InChI=1S/C16H20F2N8O3S/c1-30(27,28)25-4-2-11(3-5-25)21-15-23-14-6-12(10-7-19-20-8-10)22-16(26(14)24-15)29-9-13(17)18/h6-8,11,13H,2-5,9H2,1H3,(H,19,20)(H,21,24). The summed E-state index contributed by atoms with van der Waals surface area (Å²) in [5.41, 5.74) is 1.45. The van der Waals surface area contributed by atoms with Crippen molar-refractivity contribution >= 4 is 21.6 Å². The first-order chi connectivity index (χ1) is 14.3. The monoisotopic (exact) mass is 442 g/mol. The number of sulfonamides is 1. The van der Waals surface area contributed by atoms with Crippen LogP contribution in [-0.4, -0.2) is 80.9 Å². The van der Waals surface area contributed by atoms with Gasteiger partial charge in [-0.3, -0.25) is 5.10 Å². The van der Waals surface area contributed by atoms with Gasteiger partial charge in [0.05, 0.1) is 18.1 Å². The molecule has 30 heavy (non-hydrogen) atoms. The van der Waals surface area contributed by atoms with Crippen LogP contribution in [0.25, 0.3) is 16.9 Å². The molecule has 14 heteroatoms. The topological polar surface area (TPSA) is 130 Å². The lowest BCUT2D eigenvalue weighted by atomic mass is 10.1. The molecule has 2 N–H and O–H groups in total. The van der Waals surface area contributed by atoms with Crippen LogP contribution in [0.2, 0.25) is 0 Å². The van der Waals surface area contributed by atoms with Crippen LogP contribution in [0.15, 0.2) is 18.5 Å². The molecule has 0 saturated carbocycles. The predicted octanol–water partition coefficient (Wildman–Crippen LogP) is 0.994. The summed E-state index contributed by atoms with van der Waals surface area (Å²) < 4.78 is 56.4. The van der Waals surface area contributed by atoms with Crippen LogP contribution in [0, 0.1) is 0 Å². The fourth-order valence-electron chi connectivity index (χ4n) is 3.21. The number of rotatable bonds is 7. The Morgan fingerprint density at radius 2 is 2.10 bits per heavy atom. The van der Waals surface area contributed by atoms with E-state index < -0.39 is 23.1 Å². The van der Waals surface area contributed by atoms with Gasteiger partial charge in [-0.05, 0) is 12.8 Å². The number of hydrogen-bond acceptors (Lipinski definition) is 8. The maximum absolute atomic E-state index is 12.7. The molecule has 0 bridgehead atoms. The highest BCUT2D eigenvalue weighted by Gasteiger charge is 2.26. The molecule has 1 aliphatic rings. The van der Waals surface area contributed by atoms with Crippen molar-refractivity contribution in [3.05, 3.63) is 18.5 Å². The van der Waals surface area contributed by atoms with Gasteiger partial charge >= 0.3 is 6.01 Å². The second-order valence-electron chi connectivity index (χ2n) is 6.90. The van der Waals surface area contributed by atoms with Crippen molar-refractivity contribution in [3.8, 4) is 17.3 Å². The van der Waals surface area contributed by atoms with E-state index in [9.17, 15) is 17.2 Å². The number of nitrogens with zero attached hydrogens (tertiary/aromatic N) is 6. The van der Waals surface area contributed by atoms with Gasteiger partial charge in [-0.1, -0.05) is 0 Å². The Bertz CT molecular complexity index is 1110. The Balaban J connectivity index is 1.57. The third-order valence-electron chi connectivity index (χ3n) is 4.68. The largest absolute Gasteiger partial charge is 0.457 e. The zero-order valence-electron chi connectivity index (χ0n) is 16.0. The zero-order chi connectivity index (χ0) is 21.3. The highest BCUT2D eigenvalue weighted by Crippen LogP contribution is 2.23. The Hall–Kier alpha value is -2.87. The number of alkyl halides is 2. The minimum Gasteiger partial charge on any atom is -0.457 e. The first-order valence-corrected chi connectivity index (χ1v) is 11.0. The van der Waals surface area contributed by atoms with Crippen molar-refractivity contribution in [2.24, 2.45) is 0 Å². The lowest BCUT2D eigenvalue weighted by Crippen LogP contribution is -2.41. The lowest BCUT2D eigenvalue weighted by molar-refractivity contribution is 0.0757. The second kappa shape index (κ2) is 8.10. The van der Waals surface area contributed by atoms with Crippen LogP contribution in [0.4, 0.5) is 14.7 Å². The Morgan fingerprint density at radius 1 is 1.33 bits per heavy atom. The molecular weight excluding hydrogens is 422 g/mol. The number of fused-ring (bicyclic) bond motifs is 1. The van der Waals surface area contributed by atoms with E-state index in [0.717, 1.165) is 0 Å². The van der Waals surface area contributed by atoms with Gasteiger partial charge in [-0.25, -0.2) is 21.5 Å². The number of H-pyrrole nitrogens is 1. The van der Waals surface area contributed by atoms with Crippen LogP contribution < -0.4 is 10.1 Å². The summed E-state index contributed by atoms with van der Waals surface area (Å²) in [6.07, 6.45) is 2.86. The number of anilines is 1. The fourth-order valence-corrected chi connectivity index (χ4v) is 4.08. The first-order valence-electron chi connectivity index (χ1n) is 9.19. The number of piperidine rings is 1. The van der Waals surface area contributed by atoms with Gasteiger partial charge in [-0.15, -0.1) is 5.10 Å². The number of aromatic nitrogens is 6. The molecular formula is C16H20F2N8O3S. The van der Waals surface area contributed by atoms with Crippen molar-refractivity contribution in [2.75, 3.05) is 31.3 Å². The molecule has 0 radical (unpaired) electrons. The Morgan fingerprint density at radius 3 is 2.73 bits per heavy atom. The number of nitrogens with one attached hydrogen (secondary N) is 2. The first kappa shape index (κ1) is 20.4. The number of ether oxygens (including phenoxy) is 1. The molecule has 0 aliphatic carbocycles. The Labute approximate surface area is 170 Å². The minimum atomic E-state index is -3.21. The van der Waals surface area contributed by atoms with Gasteiger partial charge in [0.1, 0.15) is 0 Å². The molecule has 11 nitrogen and oxygen atoms in total. The molecule has 0 aromatic carbocycles. The third kappa shape index (κ3) is 4.48. The van der Waals surface area contributed by atoms with Gasteiger partial charge < -0.3 is 10.1 Å². The molecule has 4 rings (SSSR count). The van der Waals surface area contributed by atoms with Gasteiger partial charge in [0, 0.05) is 37.0 Å². The Kier molecular flexibility index (Phi) is 5.51. The van der Waals surface area contributed by atoms with Crippen LogP contribution in [-0.2, 0) is 10.0 Å². The molecule has 0 unspecified atom stereocenters. The summed E-state index contributed by atoms with van der Waals surface area (Å²) in [5, 5.41) is 14.0. The zero-order valence-corrected chi connectivity index (χ0v) is 16.8. The average Bonchev–Trinajstić information content (AvgIpc) is 3.35. The summed E-state index contributed by atoms with van der Waals surface area (Å²) in [7, 11) is -3.21. The van der Waals surface area contributed by atoms with Gasteiger partial charge in [0.15, 0.2) is 12.3 Å². The SMILES string of the molecule is CS(=O)(=O)N1CCC(Nc2nc3cc(-c4cn[nH]c4)nc(OCC(F)F)n3n2)CC1. The average molecular weight is 442 g/mol. The molecule has 0 atom stereocenters. The second-order valence-corrected chi connectivity index (χ2v) is 8.88. The fraction of sp³-hybridized carbons (Fsp3) is 0.500. The molecule has 1 fully saturated rings. The molecule has 3 aromatic rings. The van der Waals surface area contributed by atoms with E-state index in [-0.39, 0.29) is 18.0 Å². The van der Waals surface area contributed by atoms with Crippen molar-refractivity contribution < 1.29 is 21.9 Å². The maximum Gasteiger partial charge on any atom is 0.320 e. The van der Waals surface area contributed by atoms with Crippen LogP contribution in [0.3, 0.4) is 0 Å². The minimum absolute atomic E-state index is 0.0212. The summed E-state index contributed by atoms with van der Waals surface area (Å²) in [6.45, 7) is -0.0266. The third-order valence-corrected chi connectivity index (χ3v) is 5.99. The number of halogens is 2. The normalized spacial score (nSPS) is 16.4. The molecule has 0 spiro atoms. The lowest BCUT2D eigenvalue weighted by Gasteiger charge is -2.30. The van der Waals surface area contributed by atoms with Crippen molar-refractivity contribution in [3.63, 3.8) is 0 Å². The van der Waals surface area contributed by atoms with E-state index in [0.29, 0.717) is 42.8 Å². The summed E-state index contributed by atoms with van der Waals surface area (Å²) in [6, 6.07) is 1.51. The molecule has 162 valence electrons. The van der Waals surface area contributed by atoms with E-state index >= 15 is 0 Å². The van der Waals surface area contributed by atoms with Gasteiger partial charge in [-0.2, -0.15) is 19.6 Å². The highest BCUT2D eigenvalue weighted by atomic mass is 32.2. The molecule has 0 amide bonds. The molecule has 1 aliphatic heterocycles. The molecule has 1 saturated heterocycles. The smallest absolute Gasteiger partial charge is 0.320 e. The van der Waals surface area contributed by atoms with E-state index in [1.165, 1.54) is 15.1 Å². The van der Waals surface area contributed by atoms with E-state index in [4.69, 9.17) is 4.74 Å². The van der Waals surface area contributed by atoms with Crippen LogP contribution >= 0.6 is 0 Å². The van der Waals surface area contributed by atoms with Crippen molar-refractivity contribution in [1.29, 1.82) is 0 Å². The predicted molar refractivity (Wildman–Crippen MR) is 103 cm³/mol. The van der Waals surface area contributed by atoms with E-state index in [1.54, 1.807) is 18.5 Å². The van der Waals surface area contributed by atoms with Crippen LogP contribution in [0.1, 0.15) is 12.8 Å². The summed E-state index contributed by atoms with van der Waals surface area (Å²) in [5.74, 6) is 0.279. The van der Waals surface area contributed by atoms with Crippen molar-refractivity contribution in [2.45, 2.75) is 25.3 Å².